The van der Waals surface area contributed by atoms with Crippen LogP contribution in [-0.4, -0.2) is 0 Å². The average Bonchev–Trinajstić information content (AvgIpc) is 3.13. The lowest BCUT2D eigenvalue weighted by Gasteiger charge is -2.09. The van der Waals surface area contributed by atoms with Crippen LogP contribution in [0.4, 0.5) is 0 Å². The molecule has 0 nitrogen and oxygen atoms in total. The molecule has 0 radical (unpaired) electrons. The van der Waals surface area contributed by atoms with E-state index in [1.54, 1.807) is 0 Å². The van der Waals surface area contributed by atoms with Gasteiger partial charge >= 0.3 is 0 Å². The Labute approximate surface area is 167 Å². The van der Waals surface area contributed by atoms with E-state index in [-0.39, 0.29) is 0 Å². The maximum Gasteiger partial charge on any atom is 0.0434 e. The fraction of sp³-hybridized carbons (Fsp3) is 0.0370. The first-order chi connectivity index (χ1) is 13.8. The van der Waals surface area contributed by atoms with E-state index in [0.717, 1.165) is 0 Å². The monoisotopic (exact) mass is 374 g/mol. The highest BCUT2D eigenvalue weighted by Crippen LogP contribution is 2.44. The smallest absolute Gasteiger partial charge is 0.0434 e. The van der Waals surface area contributed by atoms with E-state index in [1.165, 1.54) is 58.4 Å². The Bertz CT molecular complexity index is 1500. The van der Waals surface area contributed by atoms with Crippen LogP contribution < -0.4 is 0 Å². The summed E-state index contributed by atoms with van der Waals surface area (Å²) in [6.07, 6.45) is 0. The topological polar surface area (TPSA) is 0 Å². The Morgan fingerprint density at radius 3 is 2.00 bits per heavy atom. The molecule has 0 N–H and O–H groups in total. The first-order valence-electron chi connectivity index (χ1n) is 9.62. The fourth-order valence-electron chi connectivity index (χ4n) is 4.30. The summed E-state index contributed by atoms with van der Waals surface area (Å²) in [6.45, 7) is 2.14. The van der Waals surface area contributed by atoms with Gasteiger partial charge in [0.2, 0.25) is 0 Å². The van der Waals surface area contributed by atoms with Crippen LogP contribution in [0.2, 0.25) is 0 Å². The van der Waals surface area contributed by atoms with Crippen molar-refractivity contribution in [2.75, 3.05) is 0 Å². The number of hydrogen-bond acceptors (Lipinski definition) is 1. The van der Waals surface area contributed by atoms with Gasteiger partial charge in [0.1, 0.15) is 0 Å². The number of benzene rings is 5. The lowest BCUT2D eigenvalue weighted by Crippen LogP contribution is -1.83. The van der Waals surface area contributed by atoms with E-state index in [0.29, 0.717) is 0 Å². The Balaban J connectivity index is 1.81. The van der Waals surface area contributed by atoms with Gasteiger partial charge in [0.05, 0.1) is 0 Å². The molecular formula is C27H18S. The summed E-state index contributed by atoms with van der Waals surface area (Å²) in [7, 11) is 0. The first-order valence-corrected chi connectivity index (χ1v) is 10.4. The highest BCUT2D eigenvalue weighted by Gasteiger charge is 2.14. The molecule has 0 atom stereocenters. The van der Waals surface area contributed by atoms with E-state index in [1.807, 2.05) is 11.3 Å². The molecule has 0 aliphatic heterocycles. The first kappa shape index (κ1) is 15.9. The summed E-state index contributed by atoms with van der Waals surface area (Å²) in [5.41, 5.74) is 3.89. The number of aryl methyl sites for hydroxylation is 1. The summed E-state index contributed by atoms with van der Waals surface area (Å²) in [5.74, 6) is 0. The van der Waals surface area contributed by atoms with Gasteiger partial charge in [-0.15, -0.1) is 11.3 Å². The number of thiophene rings is 1. The lowest BCUT2D eigenvalue weighted by atomic mass is 9.95. The van der Waals surface area contributed by atoms with Gasteiger partial charge in [0.15, 0.2) is 0 Å². The molecule has 5 aromatic carbocycles. The van der Waals surface area contributed by atoms with E-state index in [9.17, 15) is 0 Å². The van der Waals surface area contributed by atoms with Crippen LogP contribution in [0, 0.1) is 6.92 Å². The molecule has 0 spiro atoms. The van der Waals surface area contributed by atoms with Gasteiger partial charge < -0.3 is 0 Å². The maximum absolute atomic E-state index is 2.40. The van der Waals surface area contributed by atoms with Gasteiger partial charge in [-0.1, -0.05) is 90.5 Å². The SMILES string of the molecule is Cc1ccc(-c2cc3c4ccc5ccccc5c4sc3c3ccccc23)cc1. The minimum absolute atomic E-state index is 1.28. The molecule has 1 heterocycles. The molecule has 0 aliphatic rings. The van der Waals surface area contributed by atoms with Crippen LogP contribution in [-0.2, 0) is 0 Å². The van der Waals surface area contributed by atoms with Gasteiger partial charge in [-0.2, -0.15) is 0 Å². The second-order valence-electron chi connectivity index (χ2n) is 7.48. The van der Waals surface area contributed by atoms with Crippen molar-refractivity contribution in [3.63, 3.8) is 0 Å². The molecule has 0 saturated carbocycles. The van der Waals surface area contributed by atoms with Crippen molar-refractivity contribution >= 4 is 53.1 Å². The molecule has 0 unspecified atom stereocenters. The number of fused-ring (bicyclic) bond motifs is 7. The van der Waals surface area contributed by atoms with Crippen molar-refractivity contribution in [2.45, 2.75) is 6.92 Å². The van der Waals surface area contributed by atoms with E-state index in [2.05, 4.69) is 97.9 Å². The quantitative estimate of drug-likeness (QED) is 0.271. The predicted octanol–water partition coefficient (Wildman–Crippen LogP) is 8.34. The molecule has 0 fully saturated rings. The second kappa shape index (κ2) is 5.92. The van der Waals surface area contributed by atoms with Crippen molar-refractivity contribution in [2.24, 2.45) is 0 Å². The summed E-state index contributed by atoms with van der Waals surface area (Å²) < 4.78 is 2.78. The highest BCUT2D eigenvalue weighted by atomic mass is 32.1. The third-order valence-corrected chi connectivity index (χ3v) is 7.02. The Hall–Kier alpha value is -3.16. The zero-order valence-corrected chi connectivity index (χ0v) is 16.4. The molecule has 132 valence electrons. The van der Waals surface area contributed by atoms with E-state index >= 15 is 0 Å². The minimum Gasteiger partial charge on any atom is -0.134 e. The molecular weight excluding hydrogens is 356 g/mol. The van der Waals surface area contributed by atoms with Gasteiger partial charge in [0, 0.05) is 25.6 Å². The van der Waals surface area contributed by atoms with Crippen molar-refractivity contribution < 1.29 is 0 Å². The predicted molar refractivity (Wildman–Crippen MR) is 125 cm³/mol. The van der Waals surface area contributed by atoms with Crippen molar-refractivity contribution in [3.8, 4) is 11.1 Å². The zero-order valence-electron chi connectivity index (χ0n) is 15.6. The maximum atomic E-state index is 2.40. The number of rotatable bonds is 1. The van der Waals surface area contributed by atoms with Gasteiger partial charge in [-0.05, 0) is 40.3 Å². The molecule has 0 aliphatic carbocycles. The standard InChI is InChI=1S/C27H18S/c1-17-10-12-19(13-11-17)24-16-25-23-15-14-18-6-2-3-7-20(18)26(23)28-27(25)22-9-5-4-8-21(22)24/h2-16H,1H3. The van der Waals surface area contributed by atoms with Gasteiger partial charge in [0.25, 0.3) is 0 Å². The summed E-state index contributed by atoms with van der Waals surface area (Å²) >= 11 is 1.93. The van der Waals surface area contributed by atoms with Crippen LogP contribution in [0.3, 0.4) is 0 Å². The Kier molecular flexibility index (Phi) is 3.35. The fourth-order valence-corrected chi connectivity index (χ4v) is 5.65. The van der Waals surface area contributed by atoms with E-state index < -0.39 is 0 Å². The molecule has 6 rings (SSSR count). The Morgan fingerprint density at radius 1 is 0.536 bits per heavy atom. The third-order valence-electron chi connectivity index (χ3n) is 5.73. The van der Waals surface area contributed by atoms with Crippen LogP contribution in [0.15, 0.2) is 91.0 Å². The van der Waals surface area contributed by atoms with Crippen LogP contribution in [0.5, 0.6) is 0 Å². The molecule has 0 bridgehead atoms. The Morgan fingerprint density at radius 2 is 1.18 bits per heavy atom. The van der Waals surface area contributed by atoms with Crippen molar-refractivity contribution in [1.82, 2.24) is 0 Å². The van der Waals surface area contributed by atoms with E-state index in [4.69, 9.17) is 0 Å². The summed E-state index contributed by atoms with van der Waals surface area (Å²) in [5, 5.41) is 8.06. The van der Waals surface area contributed by atoms with Gasteiger partial charge in [-0.3, -0.25) is 0 Å². The van der Waals surface area contributed by atoms with Crippen LogP contribution in [0.1, 0.15) is 5.56 Å². The summed E-state index contributed by atoms with van der Waals surface area (Å²) in [4.78, 5) is 0. The number of hydrogen-bond donors (Lipinski definition) is 0. The molecule has 1 aromatic heterocycles. The van der Waals surface area contributed by atoms with Gasteiger partial charge in [-0.25, -0.2) is 0 Å². The van der Waals surface area contributed by atoms with Crippen LogP contribution >= 0.6 is 11.3 Å². The molecule has 0 saturated heterocycles. The average molecular weight is 375 g/mol. The molecule has 0 amide bonds. The molecule has 1 heteroatoms. The minimum atomic E-state index is 1.28. The largest absolute Gasteiger partial charge is 0.134 e. The van der Waals surface area contributed by atoms with Crippen LogP contribution in [0.25, 0.3) is 52.8 Å². The van der Waals surface area contributed by atoms with Crippen molar-refractivity contribution in [1.29, 1.82) is 0 Å². The molecule has 28 heavy (non-hydrogen) atoms. The molecule has 6 aromatic rings. The lowest BCUT2D eigenvalue weighted by molar-refractivity contribution is 1.47. The second-order valence-corrected chi connectivity index (χ2v) is 8.50. The normalized spacial score (nSPS) is 11.8. The van der Waals surface area contributed by atoms with Crippen molar-refractivity contribution in [3.05, 3.63) is 96.6 Å². The highest BCUT2D eigenvalue weighted by molar-refractivity contribution is 7.27. The third kappa shape index (κ3) is 2.23. The zero-order chi connectivity index (χ0) is 18.7. The summed E-state index contributed by atoms with van der Waals surface area (Å²) in [6, 6.07) is 33.4.